The van der Waals surface area contributed by atoms with Gasteiger partial charge in [-0.2, -0.15) is 0 Å². The average molecular weight is 291 g/mol. The van der Waals surface area contributed by atoms with Crippen LogP contribution in [0, 0.1) is 5.92 Å². The summed E-state index contributed by atoms with van der Waals surface area (Å²) in [6, 6.07) is 3.92. The molecule has 0 radical (unpaired) electrons. The second kappa shape index (κ2) is 6.54. The van der Waals surface area contributed by atoms with Gasteiger partial charge in [-0.3, -0.25) is 14.7 Å². The Bertz CT molecular complexity index is 470. The van der Waals surface area contributed by atoms with Crippen molar-refractivity contribution in [1.82, 2.24) is 14.8 Å². The molecule has 1 amide bonds. The van der Waals surface area contributed by atoms with Gasteiger partial charge in [0.2, 0.25) is 5.91 Å². The standard InChI is InChI=1S/C16H25N3O2/c1-16(2,21)14-6-9-19(11-14)15(20)12-18(3)10-13-4-7-17-8-5-13/h4-5,7-8,14,21H,6,9-12H2,1-3H3/t14-/m1/s1. The van der Waals surface area contributed by atoms with Crippen LogP contribution >= 0.6 is 0 Å². The third-order valence-electron chi connectivity index (χ3n) is 4.15. The summed E-state index contributed by atoms with van der Waals surface area (Å²) in [5.74, 6) is 0.310. The molecule has 0 bridgehead atoms. The summed E-state index contributed by atoms with van der Waals surface area (Å²) in [5, 5.41) is 10.0. The smallest absolute Gasteiger partial charge is 0.236 e. The lowest BCUT2D eigenvalue weighted by Crippen LogP contribution is -2.39. The summed E-state index contributed by atoms with van der Waals surface area (Å²) in [7, 11) is 1.95. The van der Waals surface area contributed by atoms with Gasteiger partial charge in [-0.15, -0.1) is 0 Å². The fourth-order valence-corrected chi connectivity index (χ4v) is 2.75. The van der Waals surface area contributed by atoms with Gasteiger partial charge in [-0.05, 0) is 45.0 Å². The van der Waals surface area contributed by atoms with Gasteiger partial charge in [0.15, 0.2) is 0 Å². The van der Waals surface area contributed by atoms with Gasteiger partial charge in [0, 0.05) is 37.9 Å². The van der Waals surface area contributed by atoms with Crippen molar-refractivity contribution in [3.63, 3.8) is 0 Å². The maximum atomic E-state index is 12.3. The molecule has 116 valence electrons. The monoisotopic (exact) mass is 291 g/mol. The lowest BCUT2D eigenvalue weighted by Gasteiger charge is -2.26. The number of carbonyl (C=O) groups excluding carboxylic acids is 1. The summed E-state index contributed by atoms with van der Waals surface area (Å²) in [4.78, 5) is 20.2. The predicted octanol–water partition coefficient (Wildman–Crippen LogP) is 1.13. The molecule has 1 saturated heterocycles. The highest BCUT2D eigenvalue weighted by Crippen LogP contribution is 2.27. The van der Waals surface area contributed by atoms with Crippen LogP contribution in [0.3, 0.4) is 0 Å². The second-order valence-corrected chi connectivity index (χ2v) is 6.51. The van der Waals surface area contributed by atoms with E-state index in [0.717, 1.165) is 25.1 Å². The van der Waals surface area contributed by atoms with Gasteiger partial charge < -0.3 is 10.0 Å². The molecule has 2 heterocycles. The molecule has 2 rings (SSSR count). The number of hydrogen-bond donors (Lipinski definition) is 1. The Labute approximate surface area is 126 Å². The molecule has 1 fully saturated rings. The summed E-state index contributed by atoms with van der Waals surface area (Å²) in [6.07, 6.45) is 4.40. The maximum Gasteiger partial charge on any atom is 0.236 e. The van der Waals surface area contributed by atoms with Gasteiger partial charge in [0.1, 0.15) is 0 Å². The highest BCUT2D eigenvalue weighted by molar-refractivity contribution is 5.78. The van der Waals surface area contributed by atoms with E-state index >= 15 is 0 Å². The van der Waals surface area contributed by atoms with Crippen molar-refractivity contribution in [2.75, 3.05) is 26.7 Å². The number of aromatic nitrogens is 1. The first-order chi connectivity index (χ1) is 9.86. The molecule has 1 aliphatic rings. The van der Waals surface area contributed by atoms with Gasteiger partial charge in [-0.25, -0.2) is 0 Å². The van der Waals surface area contributed by atoms with Crippen molar-refractivity contribution in [1.29, 1.82) is 0 Å². The number of likely N-dealkylation sites (N-methyl/N-ethyl adjacent to an activating group) is 1. The first kappa shape index (κ1) is 15.9. The van der Waals surface area contributed by atoms with Crippen LogP contribution in [0.4, 0.5) is 0 Å². The summed E-state index contributed by atoms with van der Waals surface area (Å²) >= 11 is 0. The normalized spacial score (nSPS) is 19.3. The molecule has 21 heavy (non-hydrogen) atoms. The Morgan fingerprint density at radius 1 is 1.48 bits per heavy atom. The number of carbonyl (C=O) groups is 1. The Morgan fingerprint density at radius 3 is 2.71 bits per heavy atom. The topological polar surface area (TPSA) is 56.7 Å². The minimum Gasteiger partial charge on any atom is -0.390 e. The molecule has 5 heteroatoms. The molecular formula is C16H25N3O2. The number of aliphatic hydroxyl groups is 1. The Morgan fingerprint density at radius 2 is 2.14 bits per heavy atom. The number of pyridine rings is 1. The molecule has 1 aliphatic heterocycles. The highest BCUT2D eigenvalue weighted by Gasteiger charge is 2.35. The minimum atomic E-state index is -0.710. The zero-order valence-electron chi connectivity index (χ0n) is 13.1. The third kappa shape index (κ3) is 4.51. The fourth-order valence-electron chi connectivity index (χ4n) is 2.75. The van der Waals surface area contributed by atoms with E-state index < -0.39 is 5.60 Å². The molecular weight excluding hydrogens is 266 g/mol. The molecule has 1 aromatic rings. The SMILES string of the molecule is CN(CC(=O)N1CC[C@@H](C(C)(C)O)C1)Cc1ccncc1. The van der Waals surface area contributed by atoms with Crippen molar-refractivity contribution in [2.24, 2.45) is 5.92 Å². The largest absolute Gasteiger partial charge is 0.390 e. The summed E-state index contributed by atoms with van der Waals surface area (Å²) in [6.45, 7) is 6.18. The van der Waals surface area contributed by atoms with E-state index in [9.17, 15) is 9.90 Å². The predicted molar refractivity (Wildman–Crippen MR) is 81.6 cm³/mol. The minimum absolute atomic E-state index is 0.137. The van der Waals surface area contributed by atoms with Crippen molar-refractivity contribution in [2.45, 2.75) is 32.4 Å². The molecule has 0 saturated carbocycles. The number of nitrogens with zero attached hydrogens (tertiary/aromatic N) is 3. The van der Waals surface area contributed by atoms with Crippen LogP contribution in [-0.2, 0) is 11.3 Å². The first-order valence-corrected chi connectivity index (χ1v) is 7.44. The number of rotatable bonds is 5. The zero-order chi connectivity index (χ0) is 15.5. The zero-order valence-corrected chi connectivity index (χ0v) is 13.1. The fraction of sp³-hybridized carbons (Fsp3) is 0.625. The van der Waals surface area contributed by atoms with Crippen LogP contribution < -0.4 is 0 Å². The van der Waals surface area contributed by atoms with Crippen molar-refractivity contribution in [3.8, 4) is 0 Å². The Hall–Kier alpha value is -1.46. The number of amides is 1. The Kier molecular flexibility index (Phi) is 4.96. The van der Waals surface area contributed by atoms with Gasteiger partial charge in [0.25, 0.3) is 0 Å². The molecule has 0 aliphatic carbocycles. The number of hydrogen-bond acceptors (Lipinski definition) is 4. The highest BCUT2D eigenvalue weighted by atomic mass is 16.3. The van der Waals surface area contributed by atoms with Gasteiger partial charge in [-0.1, -0.05) is 0 Å². The molecule has 1 aromatic heterocycles. The molecule has 0 spiro atoms. The van der Waals surface area contributed by atoms with Crippen LogP contribution in [-0.4, -0.2) is 58.1 Å². The molecule has 1 atom stereocenters. The lowest BCUT2D eigenvalue weighted by atomic mass is 9.90. The van der Waals surface area contributed by atoms with Gasteiger partial charge in [0.05, 0.1) is 12.1 Å². The van der Waals surface area contributed by atoms with E-state index in [1.54, 1.807) is 12.4 Å². The average Bonchev–Trinajstić information content (AvgIpc) is 2.89. The third-order valence-corrected chi connectivity index (χ3v) is 4.15. The van der Waals surface area contributed by atoms with Gasteiger partial charge >= 0.3 is 0 Å². The van der Waals surface area contributed by atoms with E-state index in [0.29, 0.717) is 13.1 Å². The lowest BCUT2D eigenvalue weighted by molar-refractivity contribution is -0.131. The van der Waals surface area contributed by atoms with Crippen LogP contribution in [0.1, 0.15) is 25.8 Å². The van der Waals surface area contributed by atoms with E-state index in [1.807, 2.05) is 42.8 Å². The van der Waals surface area contributed by atoms with Crippen molar-refractivity contribution >= 4 is 5.91 Å². The van der Waals surface area contributed by atoms with E-state index in [-0.39, 0.29) is 11.8 Å². The molecule has 0 unspecified atom stereocenters. The van der Waals surface area contributed by atoms with Crippen molar-refractivity contribution in [3.05, 3.63) is 30.1 Å². The quantitative estimate of drug-likeness (QED) is 0.883. The first-order valence-electron chi connectivity index (χ1n) is 7.44. The maximum absolute atomic E-state index is 12.3. The van der Waals surface area contributed by atoms with Crippen LogP contribution in [0.25, 0.3) is 0 Å². The van der Waals surface area contributed by atoms with Crippen molar-refractivity contribution < 1.29 is 9.90 Å². The van der Waals surface area contributed by atoms with Crippen LogP contribution in [0.2, 0.25) is 0 Å². The molecule has 1 N–H and O–H groups in total. The summed E-state index contributed by atoms with van der Waals surface area (Å²) in [5.41, 5.74) is 0.439. The molecule has 5 nitrogen and oxygen atoms in total. The van der Waals surface area contributed by atoms with E-state index in [4.69, 9.17) is 0 Å². The molecule has 0 aromatic carbocycles. The summed E-state index contributed by atoms with van der Waals surface area (Å²) < 4.78 is 0. The second-order valence-electron chi connectivity index (χ2n) is 6.51. The van der Waals surface area contributed by atoms with E-state index in [1.165, 1.54) is 0 Å². The van der Waals surface area contributed by atoms with Crippen LogP contribution in [0.5, 0.6) is 0 Å². The number of likely N-dealkylation sites (tertiary alicyclic amines) is 1. The van der Waals surface area contributed by atoms with E-state index in [2.05, 4.69) is 4.98 Å². The van der Waals surface area contributed by atoms with Crippen LogP contribution in [0.15, 0.2) is 24.5 Å². The Balaban J connectivity index is 1.82.